The number of hydrogen-bond acceptors (Lipinski definition) is 6. The molecule has 2 N–H and O–H groups in total. The maximum absolute atomic E-state index is 15.1. The van der Waals surface area contributed by atoms with E-state index in [1.807, 2.05) is 38.4 Å². The summed E-state index contributed by atoms with van der Waals surface area (Å²) in [6, 6.07) is 8.25. The minimum atomic E-state index is -0.663. The Labute approximate surface area is 199 Å². The number of ether oxygens (including phenoxy) is 1. The van der Waals surface area contributed by atoms with Crippen LogP contribution in [0.4, 0.5) is 10.2 Å². The quantitative estimate of drug-likeness (QED) is 0.432. The Bertz CT molecular complexity index is 1660. The zero-order valence-corrected chi connectivity index (χ0v) is 19.4. The molecule has 9 nitrogen and oxygen atoms in total. The molecule has 5 aromatic rings. The van der Waals surface area contributed by atoms with Crippen LogP contribution in [0.5, 0.6) is 5.75 Å². The highest BCUT2D eigenvalue weighted by atomic mass is 19.1. The van der Waals surface area contributed by atoms with Crippen molar-refractivity contribution < 1.29 is 13.9 Å². The number of rotatable bonds is 3. The van der Waals surface area contributed by atoms with E-state index in [1.54, 1.807) is 28.7 Å². The van der Waals surface area contributed by atoms with Crippen molar-refractivity contribution in [2.75, 3.05) is 19.4 Å². The topological polar surface area (TPSA) is 104 Å². The van der Waals surface area contributed by atoms with Gasteiger partial charge >= 0.3 is 0 Å². The monoisotopic (exact) mass is 471 g/mol. The first kappa shape index (κ1) is 21.1. The van der Waals surface area contributed by atoms with Crippen LogP contribution in [0, 0.1) is 12.7 Å². The van der Waals surface area contributed by atoms with Crippen molar-refractivity contribution in [3.05, 3.63) is 71.7 Å². The molecule has 176 valence electrons. The van der Waals surface area contributed by atoms with Gasteiger partial charge in [-0.2, -0.15) is 5.10 Å². The van der Waals surface area contributed by atoms with Crippen molar-refractivity contribution >= 4 is 28.3 Å². The van der Waals surface area contributed by atoms with Gasteiger partial charge < -0.3 is 15.4 Å². The second kappa shape index (κ2) is 7.52. The highest BCUT2D eigenvalue weighted by Gasteiger charge is 2.32. The number of nitrogens with two attached hydrogens (primary N) is 1. The molecular weight excluding hydrogens is 449 g/mol. The lowest BCUT2D eigenvalue weighted by Crippen LogP contribution is -2.32. The Balaban J connectivity index is 1.36. The molecular formula is C25H22FN7O2. The zero-order valence-electron chi connectivity index (χ0n) is 19.4. The number of aryl methyl sites for hydroxylation is 2. The molecule has 2 aromatic carbocycles. The summed E-state index contributed by atoms with van der Waals surface area (Å²) < 4.78 is 24.5. The fourth-order valence-corrected chi connectivity index (χ4v) is 4.70. The molecule has 0 spiro atoms. The molecule has 1 aliphatic heterocycles. The number of carbonyl (C=O) groups is 1. The van der Waals surface area contributed by atoms with Crippen molar-refractivity contribution in [1.29, 1.82) is 0 Å². The van der Waals surface area contributed by atoms with Gasteiger partial charge in [-0.05, 0) is 24.6 Å². The van der Waals surface area contributed by atoms with Gasteiger partial charge in [0, 0.05) is 37.5 Å². The van der Waals surface area contributed by atoms with E-state index < -0.39 is 11.7 Å². The van der Waals surface area contributed by atoms with E-state index in [0.717, 1.165) is 16.7 Å². The molecule has 6 rings (SSSR count). The number of fused-ring (bicyclic) bond motifs is 4. The largest absolute Gasteiger partial charge is 0.491 e. The fourth-order valence-electron chi connectivity index (χ4n) is 4.70. The summed E-state index contributed by atoms with van der Waals surface area (Å²) >= 11 is 0. The van der Waals surface area contributed by atoms with Crippen LogP contribution in [0.1, 0.15) is 27.7 Å². The Morgan fingerprint density at radius 2 is 2.09 bits per heavy atom. The van der Waals surface area contributed by atoms with Crippen LogP contribution in [0.25, 0.3) is 27.7 Å². The minimum Gasteiger partial charge on any atom is -0.491 e. The van der Waals surface area contributed by atoms with Gasteiger partial charge in [-0.3, -0.25) is 13.9 Å². The van der Waals surface area contributed by atoms with Crippen LogP contribution < -0.4 is 10.5 Å². The third kappa shape index (κ3) is 3.21. The number of nitrogens with zero attached hydrogens (tertiary/aromatic N) is 6. The Hall–Kier alpha value is -4.47. The Morgan fingerprint density at radius 1 is 1.26 bits per heavy atom. The summed E-state index contributed by atoms with van der Waals surface area (Å²) in [7, 11) is 3.52. The molecule has 0 saturated heterocycles. The van der Waals surface area contributed by atoms with E-state index in [-0.39, 0.29) is 24.0 Å². The number of halogens is 1. The highest BCUT2D eigenvalue weighted by Crippen LogP contribution is 2.39. The van der Waals surface area contributed by atoms with Gasteiger partial charge in [0.25, 0.3) is 5.91 Å². The zero-order chi connectivity index (χ0) is 24.4. The highest BCUT2D eigenvalue weighted by molar-refractivity contribution is 5.98. The van der Waals surface area contributed by atoms with Crippen LogP contribution >= 0.6 is 0 Å². The third-order valence-corrected chi connectivity index (χ3v) is 6.58. The number of likely N-dealkylation sites (N-methyl/N-ethyl adjacent to an activating group) is 1. The SMILES string of the molecule is Cc1ncn2c1c(N)nc1cc(F)c(C(=O)N(C)C3COc4cc(-c5cnn(C)c5)ccc43)cc12. The Kier molecular flexibility index (Phi) is 4.53. The molecule has 3 aromatic heterocycles. The number of carbonyl (C=O) groups excluding carboxylic acids is 1. The molecule has 10 heteroatoms. The fraction of sp³-hybridized carbons (Fsp3) is 0.200. The maximum Gasteiger partial charge on any atom is 0.257 e. The summed E-state index contributed by atoms with van der Waals surface area (Å²) in [6.45, 7) is 2.10. The lowest BCUT2D eigenvalue weighted by molar-refractivity contribution is 0.0704. The standard InChI is InChI=1S/C25H22FN7O2/c1-13-23-24(27)30-19-8-18(26)17(7-20(19)33(23)12-28-13)25(34)32(3)21-11-35-22-6-14(4-5-16(21)22)15-9-29-31(2)10-15/h4-10,12,21H,11H2,1-3H3,(H2,27,30). The van der Waals surface area contributed by atoms with Crippen LogP contribution in [-0.4, -0.2) is 48.6 Å². The number of aromatic nitrogens is 5. The molecule has 1 aliphatic rings. The van der Waals surface area contributed by atoms with Crippen LogP contribution in [0.3, 0.4) is 0 Å². The first-order valence-corrected chi connectivity index (χ1v) is 11.1. The second-order valence-electron chi connectivity index (χ2n) is 8.76. The number of amides is 1. The molecule has 1 atom stereocenters. The third-order valence-electron chi connectivity index (χ3n) is 6.58. The van der Waals surface area contributed by atoms with Gasteiger partial charge in [0.1, 0.15) is 35.8 Å². The number of anilines is 1. The van der Waals surface area contributed by atoms with E-state index >= 15 is 4.39 Å². The molecule has 4 heterocycles. The van der Waals surface area contributed by atoms with Crippen LogP contribution in [-0.2, 0) is 7.05 Å². The van der Waals surface area contributed by atoms with E-state index in [2.05, 4.69) is 15.1 Å². The molecule has 1 unspecified atom stereocenters. The van der Waals surface area contributed by atoms with Crippen molar-refractivity contribution in [3.63, 3.8) is 0 Å². The number of hydrogen-bond donors (Lipinski definition) is 1. The van der Waals surface area contributed by atoms with Crippen molar-refractivity contribution in [3.8, 4) is 16.9 Å². The average molecular weight is 471 g/mol. The summed E-state index contributed by atoms with van der Waals surface area (Å²) in [4.78, 5) is 23.6. The number of imidazole rings is 1. The lowest BCUT2D eigenvalue weighted by atomic mass is 10.0. The average Bonchev–Trinajstić information content (AvgIpc) is 3.56. The number of benzene rings is 2. The second-order valence-corrected chi connectivity index (χ2v) is 8.76. The van der Waals surface area contributed by atoms with Crippen molar-refractivity contribution in [2.24, 2.45) is 7.05 Å². The van der Waals surface area contributed by atoms with E-state index in [1.165, 1.54) is 17.0 Å². The first-order valence-electron chi connectivity index (χ1n) is 11.1. The van der Waals surface area contributed by atoms with Crippen molar-refractivity contribution in [1.82, 2.24) is 29.0 Å². The van der Waals surface area contributed by atoms with Gasteiger partial charge in [0.05, 0.1) is 34.5 Å². The summed E-state index contributed by atoms with van der Waals surface area (Å²) in [6.07, 6.45) is 5.31. The molecule has 1 amide bonds. The predicted molar refractivity (Wildman–Crippen MR) is 129 cm³/mol. The van der Waals surface area contributed by atoms with Gasteiger partial charge in [0.15, 0.2) is 0 Å². The summed E-state index contributed by atoms with van der Waals surface area (Å²) in [5, 5.41) is 4.21. The maximum atomic E-state index is 15.1. The normalized spacial score (nSPS) is 14.9. The molecule has 0 saturated carbocycles. The van der Waals surface area contributed by atoms with Crippen LogP contribution in [0.15, 0.2) is 49.1 Å². The van der Waals surface area contributed by atoms with E-state index in [0.29, 0.717) is 28.0 Å². The predicted octanol–water partition coefficient (Wildman–Crippen LogP) is 3.52. The van der Waals surface area contributed by atoms with Gasteiger partial charge in [-0.15, -0.1) is 0 Å². The van der Waals surface area contributed by atoms with Gasteiger partial charge in [-0.25, -0.2) is 14.4 Å². The molecule has 0 fully saturated rings. The summed E-state index contributed by atoms with van der Waals surface area (Å²) in [5.74, 6) is -0.161. The van der Waals surface area contributed by atoms with Gasteiger partial charge in [-0.1, -0.05) is 12.1 Å². The van der Waals surface area contributed by atoms with Crippen LogP contribution in [0.2, 0.25) is 0 Å². The molecule has 0 aliphatic carbocycles. The minimum absolute atomic E-state index is 0.0559. The molecule has 35 heavy (non-hydrogen) atoms. The number of nitrogen functional groups attached to an aromatic ring is 1. The van der Waals surface area contributed by atoms with E-state index in [9.17, 15) is 4.79 Å². The molecule has 0 bridgehead atoms. The Morgan fingerprint density at radius 3 is 2.86 bits per heavy atom. The van der Waals surface area contributed by atoms with Crippen molar-refractivity contribution in [2.45, 2.75) is 13.0 Å². The lowest BCUT2D eigenvalue weighted by Gasteiger charge is -2.24. The smallest absolute Gasteiger partial charge is 0.257 e. The van der Waals surface area contributed by atoms with E-state index in [4.69, 9.17) is 10.5 Å². The molecule has 0 radical (unpaired) electrons. The summed E-state index contributed by atoms with van der Waals surface area (Å²) in [5.41, 5.74) is 11.1. The van der Waals surface area contributed by atoms with Gasteiger partial charge in [0.2, 0.25) is 0 Å². The first-order chi connectivity index (χ1) is 16.8.